The highest BCUT2D eigenvalue weighted by molar-refractivity contribution is 6.31. The normalized spacial score (nSPS) is 12.7. The van der Waals surface area contributed by atoms with Crippen molar-refractivity contribution >= 4 is 22.6 Å². The maximum Gasteiger partial charge on any atom is 0.134 e. The third-order valence-corrected chi connectivity index (χ3v) is 3.96. The molecule has 1 aromatic heterocycles. The first-order valence-corrected chi connectivity index (χ1v) is 7.15. The lowest BCUT2D eigenvalue weighted by atomic mass is 10.0. The fraction of sp³-hybridized carbons (Fsp3) is 0.176. The lowest BCUT2D eigenvalue weighted by Crippen LogP contribution is -2.19. The fourth-order valence-electron chi connectivity index (χ4n) is 2.45. The van der Waals surface area contributed by atoms with Crippen LogP contribution in [0.5, 0.6) is 0 Å². The topological polar surface area (TPSA) is 25.2 Å². The minimum atomic E-state index is -0.293. The number of fused-ring (bicyclic) bond motifs is 1. The molecule has 0 amide bonds. The van der Waals surface area contributed by atoms with Crippen LogP contribution in [-0.2, 0) is 6.42 Å². The molecular weight excluding hydrogens is 289 g/mol. The van der Waals surface area contributed by atoms with Gasteiger partial charge in [-0.15, -0.1) is 0 Å². The molecular formula is C17H15ClFNO. The summed E-state index contributed by atoms with van der Waals surface area (Å²) in [5.41, 5.74) is 1.33. The molecule has 1 atom stereocenters. The molecule has 0 aliphatic carbocycles. The molecule has 0 fully saturated rings. The van der Waals surface area contributed by atoms with Crippen molar-refractivity contribution in [2.75, 3.05) is 7.05 Å². The Labute approximate surface area is 127 Å². The van der Waals surface area contributed by atoms with Gasteiger partial charge in [0, 0.05) is 16.0 Å². The highest BCUT2D eigenvalue weighted by Gasteiger charge is 2.18. The van der Waals surface area contributed by atoms with Crippen molar-refractivity contribution < 1.29 is 8.81 Å². The van der Waals surface area contributed by atoms with E-state index < -0.39 is 0 Å². The monoisotopic (exact) mass is 303 g/mol. The Kier molecular flexibility index (Phi) is 3.95. The summed E-state index contributed by atoms with van der Waals surface area (Å²) in [5, 5.41) is 4.63. The number of benzene rings is 2. The Balaban J connectivity index is 1.95. The van der Waals surface area contributed by atoms with Gasteiger partial charge in [-0.3, -0.25) is 0 Å². The number of rotatable bonds is 4. The highest BCUT2D eigenvalue weighted by atomic mass is 35.5. The molecule has 1 N–H and O–H groups in total. The third kappa shape index (κ3) is 2.80. The lowest BCUT2D eigenvalue weighted by Gasteiger charge is -2.15. The molecule has 0 aliphatic heterocycles. The number of halogens is 2. The van der Waals surface area contributed by atoms with E-state index in [-0.39, 0.29) is 11.9 Å². The predicted molar refractivity (Wildman–Crippen MR) is 83.1 cm³/mol. The maximum absolute atomic E-state index is 13.9. The van der Waals surface area contributed by atoms with Crippen LogP contribution in [0.1, 0.15) is 17.4 Å². The van der Waals surface area contributed by atoms with E-state index in [1.165, 1.54) is 6.07 Å². The maximum atomic E-state index is 13.9. The first-order valence-electron chi connectivity index (χ1n) is 6.77. The third-order valence-electron chi connectivity index (χ3n) is 3.61. The summed E-state index contributed by atoms with van der Waals surface area (Å²) < 4.78 is 19.8. The van der Waals surface area contributed by atoms with Crippen LogP contribution in [0.25, 0.3) is 11.0 Å². The van der Waals surface area contributed by atoms with Crippen LogP contribution in [-0.4, -0.2) is 7.05 Å². The quantitative estimate of drug-likeness (QED) is 0.754. The van der Waals surface area contributed by atoms with E-state index >= 15 is 0 Å². The second-order valence-electron chi connectivity index (χ2n) is 4.93. The molecule has 0 radical (unpaired) electrons. The van der Waals surface area contributed by atoms with Gasteiger partial charge in [0.2, 0.25) is 0 Å². The van der Waals surface area contributed by atoms with Crippen molar-refractivity contribution in [1.82, 2.24) is 5.32 Å². The highest BCUT2D eigenvalue weighted by Crippen LogP contribution is 2.29. The molecule has 1 heterocycles. The van der Waals surface area contributed by atoms with E-state index in [1.807, 2.05) is 37.4 Å². The van der Waals surface area contributed by atoms with Gasteiger partial charge in [0.05, 0.1) is 6.04 Å². The van der Waals surface area contributed by atoms with Crippen molar-refractivity contribution in [1.29, 1.82) is 0 Å². The summed E-state index contributed by atoms with van der Waals surface area (Å²) in [4.78, 5) is 0. The summed E-state index contributed by atoms with van der Waals surface area (Å²) in [6, 6.07) is 14.4. The van der Waals surface area contributed by atoms with E-state index in [1.54, 1.807) is 12.1 Å². The molecule has 21 heavy (non-hydrogen) atoms. The SMILES string of the molecule is CNC(Cc1c(F)cccc1Cl)c1cc2ccccc2o1. The van der Waals surface area contributed by atoms with Gasteiger partial charge in [-0.1, -0.05) is 35.9 Å². The van der Waals surface area contributed by atoms with E-state index in [4.69, 9.17) is 16.0 Å². The first-order chi connectivity index (χ1) is 10.2. The summed E-state index contributed by atoms with van der Waals surface area (Å²) in [5.74, 6) is 0.483. The zero-order valence-electron chi connectivity index (χ0n) is 11.6. The van der Waals surface area contributed by atoms with Crippen molar-refractivity contribution in [3.05, 3.63) is 70.7 Å². The van der Waals surface area contributed by atoms with Crippen LogP contribution in [0.3, 0.4) is 0 Å². The van der Waals surface area contributed by atoms with Gasteiger partial charge >= 0.3 is 0 Å². The number of furan rings is 1. The number of hydrogen-bond acceptors (Lipinski definition) is 2. The van der Waals surface area contributed by atoms with Crippen molar-refractivity contribution in [2.45, 2.75) is 12.5 Å². The number of likely N-dealkylation sites (N-methyl/N-ethyl adjacent to an activating group) is 1. The minimum absolute atomic E-state index is 0.133. The Morgan fingerprint density at radius 3 is 2.71 bits per heavy atom. The molecule has 0 spiro atoms. The van der Waals surface area contributed by atoms with Crippen LogP contribution in [0, 0.1) is 5.82 Å². The predicted octanol–water partition coefficient (Wildman–Crippen LogP) is 4.73. The van der Waals surface area contributed by atoms with E-state index in [0.717, 1.165) is 16.7 Å². The van der Waals surface area contributed by atoms with Gasteiger partial charge in [-0.2, -0.15) is 0 Å². The van der Waals surface area contributed by atoms with E-state index in [9.17, 15) is 4.39 Å². The second kappa shape index (κ2) is 5.88. The molecule has 2 aromatic carbocycles. The van der Waals surface area contributed by atoms with Gasteiger partial charge in [0.1, 0.15) is 17.2 Å². The number of hydrogen-bond donors (Lipinski definition) is 1. The zero-order valence-corrected chi connectivity index (χ0v) is 12.3. The Hall–Kier alpha value is -1.84. The van der Waals surface area contributed by atoms with Crippen molar-refractivity contribution in [2.24, 2.45) is 0 Å². The van der Waals surface area contributed by atoms with Crippen LogP contribution in [0.15, 0.2) is 52.9 Å². The van der Waals surface area contributed by atoms with Crippen molar-refractivity contribution in [3.63, 3.8) is 0 Å². The Morgan fingerprint density at radius 2 is 2.00 bits per heavy atom. The van der Waals surface area contributed by atoms with E-state index in [0.29, 0.717) is 17.0 Å². The Morgan fingerprint density at radius 1 is 1.19 bits per heavy atom. The molecule has 108 valence electrons. The number of para-hydroxylation sites is 1. The Bertz CT molecular complexity index is 715. The fourth-order valence-corrected chi connectivity index (χ4v) is 2.69. The van der Waals surface area contributed by atoms with Gasteiger partial charge < -0.3 is 9.73 Å². The van der Waals surface area contributed by atoms with Gasteiger partial charge in [0.25, 0.3) is 0 Å². The van der Waals surface area contributed by atoms with Crippen molar-refractivity contribution in [3.8, 4) is 0 Å². The molecule has 0 aliphatic rings. The van der Waals surface area contributed by atoms with E-state index in [2.05, 4.69) is 5.32 Å². The van der Waals surface area contributed by atoms with Crippen LogP contribution >= 0.6 is 11.6 Å². The van der Waals surface area contributed by atoms with Crippen LogP contribution < -0.4 is 5.32 Å². The van der Waals surface area contributed by atoms with Gasteiger partial charge in [-0.25, -0.2) is 4.39 Å². The summed E-state index contributed by atoms with van der Waals surface area (Å²) in [6.07, 6.45) is 0.432. The molecule has 1 unspecified atom stereocenters. The molecule has 3 rings (SSSR count). The molecule has 0 bridgehead atoms. The van der Waals surface area contributed by atoms with Gasteiger partial charge in [0.15, 0.2) is 0 Å². The largest absolute Gasteiger partial charge is 0.459 e. The molecule has 3 aromatic rings. The number of nitrogens with one attached hydrogen (secondary N) is 1. The molecule has 0 saturated carbocycles. The average molecular weight is 304 g/mol. The molecule has 4 heteroatoms. The summed E-state index contributed by atoms with van der Waals surface area (Å²) in [6.45, 7) is 0. The lowest BCUT2D eigenvalue weighted by molar-refractivity contribution is 0.445. The first kappa shape index (κ1) is 14.1. The summed E-state index contributed by atoms with van der Waals surface area (Å²) in [7, 11) is 1.83. The van der Waals surface area contributed by atoms with Crippen LogP contribution in [0.4, 0.5) is 4.39 Å². The van der Waals surface area contributed by atoms with Gasteiger partial charge in [-0.05, 0) is 37.7 Å². The smallest absolute Gasteiger partial charge is 0.134 e. The standard InChI is InChI=1S/C17H15ClFNO/c1-20-15(10-12-13(18)6-4-7-14(12)19)17-9-11-5-2-3-8-16(11)21-17/h2-9,15,20H,10H2,1H3. The average Bonchev–Trinajstić information content (AvgIpc) is 2.90. The zero-order chi connectivity index (χ0) is 14.8. The van der Waals surface area contributed by atoms with Crippen LogP contribution in [0.2, 0.25) is 5.02 Å². The minimum Gasteiger partial charge on any atom is -0.459 e. The summed E-state index contributed by atoms with van der Waals surface area (Å²) >= 11 is 6.10. The second-order valence-corrected chi connectivity index (χ2v) is 5.34. The molecule has 2 nitrogen and oxygen atoms in total. The molecule has 0 saturated heterocycles.